The van der Waals surface area contributed by atoms with E-state index in [9.17, 15) is 14.4 Å². The number of piperidine rings is 1. The number of hydrogen-bond acceptors (Lipinski definition) is 4. The van der Waals surface area contributed by atoms with E-state index in [0.29, 0.717) is 12.8 Å². The molecule has 2 rings (SSSR count). The van der Waals surface area contributed by atoms with Crippen molar-refractivity contribution in [3.63, 3.8) is 0 Å². The Morgan fingerprint density at radius 1 is 0.654 bits per heavy atom. The zero-order chi connectivity index (χ0) is 18.6. The lowest BCUT2D eigenvalue weighted by molar-refractivity contribution is -0.143. The lowest BCUT2D eigenvalue weighted by atomic mass is 9.97. The number of imide groups is 1. The first-order valence-corrected chi connectivity index (χ1v) is 10.5. The standard InChI is InChI=1S/C20H35N3O3/c24-18(16-12-14-21-15-13-16)23-20(26)19(25)22-17-10-8-6-4-2-1-3-5-7-9-11-17/h16-17,21H,1-15H2,(H,22,25)(H,23,24,26). The van der Waals surface area contributed by atoms with Gasteiger partial charge in [-0.15, -0.1) is 0 Å². The van der Waals surface area contributed by atoms with E-state index in [4.69, 9.17) is 0 Å². The molecule has 0 bridgehead atoms. The second-order valence-corrected chi connectivity index (χ2v) is 7.77. The molecule has 3 amide bonds. The molecular weight excluding hydrogens is 330 g/mol. The third kappa shape index (κ3) is 7.85. The van der Waals surface area contributed by atoms with E-state index in [2.05, 4.69) is 16.0 Å². The largest absolute Gasteiger partial charge is 0.345 e. The molecule has 26 heavy (non-hydrogen) atoms. The molecule has 6 heteroatoms. The Bertz CT molecular complexity index is 449. The minimum absolute atomic E-state index is 0.0432. The third-order valence-electron chi connectivity index (χ3n) is 5.59. The summed E-state index contributed by atoms with van der Waals surface area (Å²) in [6.07, 6.45) is 14.3. The Hall–Kier alpha value is -1.43. The van der Waals surface area contributed by atoms with Crippen molar-refractivity contribution in [1.82, 2.24) is 16.0 Å². The molecular formula is C20H35N3O3. The Balaban J connectivity index is 1.76. The second-order valence-electron chi connectivity index (χ2n) is 7.77. The lowest BCUT2D eigenvalue weighted by Gasteiger charge is -2.22. The van der Waals surface area contributed by atoms with Crippen molar-refractivity contribution >= 4 is 17.7 Å². The number of amides is 3. The predicted octanol–water partition coefficient (Wildman–Crippen LogP) is 2.42. The highest BCUT2D eigenvalue weighted by Crippen LogP contribution is 2.17. The molecule has 3 N–H and O–H groups in total. The van der Waals surface area contributed by atoms with Crippen LogP contribution in [0.25, 0.3) is 0 Å². The molecule has 1 saturated heterocycles. The van der Waals surface area contributed by atoms with Gasteiger partial charge in [0.25, 0.3) is 0 Å². The Labute approximate surface area is 157 Å². The van der Waals surface area contributed by atoms with Crippen LogP contribution in [0, 0.1) is 5.92 Å². The molecule has 0 aromatic heterocycles. The monoisotopic (exact) mass is 365 g/mol. The van der Waals surface area contributed by atoms with Gasteiger partial charge in [0.15, 0.2) is 0 Å². The molecule has 0 spiro atoms. The predicted molar refractivity (Wildman–Crippen MR) is 101 cm³/mol. The van der Waals surface area contributed by atoms with Crippen molar-refractivity contribution in [1.29, 1.82) is 0 Å². The maximum atomic E-state index is 12.2. The van der Waals surface area contributed by atoms with Gasteiger partial charge in [0.1, 0.15) is 0 Å². The van der Waals surface area contributed by atoms with Gasteiger partial charge in [0.2, 0.25) is 5.91 Å². The van der Waals surface area contributed by atoms with Gasteiger partial charge in [-0.2, -0.15) is 0 Å². The van der Waals surface area contributed by atoms with Crippen molar-refractivity contribution in [2.75, 3.05) is 13.1 Å². The van der Waals surface area contributed by atoms with E-state index in [1.165, 1.54) is 44.9 Å². The van der Waals surface area contributed by atoms with Crippen LogP contribution in [0.3, 0.4) is 0 Å². The smallest absolute Gasteiger partial charge is 0.315 e. The average Bonchev–Trinajstić information content (AvgIpc) is 2.64. The van der Waals surface area contributed by atoms with E-state index in [1.54, 1.807) is 0 Å². The van der Waals surface area contributed by atoms with Gasteiger partial charge in [-0.3, -0.25) is 19.7 Å². The SMILES string of the molecule is O=C(NC(=O)C1CCNCC1)C(=O)NC1CCCCCCCCCCC1. The van der Waals surface area contributed by atoms with E-state index in [1.807, 2.05) is 0 Å². The fraction of sp³-hybridized carbons (Fsp3) is 0.850. The molecule has 1 heterocycles. The zero-order valence-electron chi connectivity index (χ0n) is 16.0. The highest BCUT2D eigenvalue weighted by atomic mass is 16.2. The summed E-state index contributed by atoms with van der Waals surface area (Å²) in [4.78, 5) is 36.4. The van der Waals surface area contributed by atoms with Gasteiger partial charge in [0, 0.05) is 12.0 Å². The molecule has 6 nitrogen and oxygen atoms in total. The minimum atomic E-state index is -0.806. The van der Waals surface area contributed by atoms with Crippen molar-refractivity contribution in [2.45, 2.75) is 89.5 Å². The van der Waals surface area contributed by atoms with E-state index < -0.39 is 11.8 Å². The number of carbonyl (C=O) groups excluding carboxylic acids is 3. The fourth-order valence-electron chi connectivity index (χ4n) is 3.91. The first-order chi connectivity index (χ1) is 12.7. The van der Waals surface area contributed by atoms with Gasteiger partial charge in [-0.1, -0.05) is 57.8 Å². The van der Waals surface area contributed by atoms with Crippen LogP contribution in [0.2, 0.25) is 0 Å². The van der Waals surface area contributed by atoms with Crippen LogP contribution < -0.4 is 16.0 Å². The summed E-state index contributed by atoms with van der Waals surface area (Å²) in [7, 11) is 0. The van der Waals surface area contributed by atoms with Crippen molar-refractivity contribution in [3.8, 4) is 0 Å². The van der Waals surface area contributed by atoms with Crippen LogP contribution in [0.4, 0.5) is 0 Å². The lowest BCUT2D eigenvalue weighted by Crippen LogP contribution is -2.48. The summed E-state index contributed by atoms with van der Waals surface area (Å²) in [5, 5.41) is 8.34. The molecule has 1 aliphatic carbocycles. The summed E-state index contributed by atoms with van der Waals surface area (Å²) >= 11 is 0. The maximum absolute atomic E-state index is 12.2. The average molecular weight is 366 g/mol. The quantitative estimate of drug-likeness (QED) is 0.656. The molecule has 1 saturated carbocycles. The normalized spacial score (nSPS) is 21.8. The van der Waals surface area contributed by atoms with E-state index in [0.717, 1.165) is 38.8 Å². The topological polar surface area (TPSA) is 87.3 Å². The van der Waals surface area contributed by atoms with Crippen LogP contribution >= 0.6 is 0 Å². The van der Waals surface area contributed by atoms with E-state index >= 15 is 0 Å². The molecule has 1 aliphatic heterocycles. The molecule has 0 unspecified atom stereocenters. The molecule has 0 atom stereocenters. The Morgan fingerprint density at radius 3 is 1.69 bits per heavy atom. The fourth-order valence-corrected chi connectivity index (χ4v) is 3.91. The zero-order valence-corrected chi connectivity index (χ0v) is 16.0. The van der Waals surface area contributed by atoms with Gasteiger partial charge in [-0.05, 0) is 38.8 Å². The highest BCUT2D eigenvalue weighted by Gasteiger charge is 2.26. The Kier molecular flexibility index (Phi) is 9.67. The van der Waals surface area contributed by atoms with Gasteiger partial charge < -0.3 is 10.6 Å². The molecule has 0 aromatic carbocycles. The first-order valence-electron chi connectivity index (χ1n) is 10.5. The summed E-state index contributed by atoms with van der Waals surface area (Å²) in [6.45, 7) is 1.56. The number of rotatable bonds is 2. The number of hydrogen-bond donors (Lipinski definition) is 3. The van der Waals surface area contributed by atoms with Crippen LogP contribution in [-0.4, -0.2) is 36.9 Å². The number of carbonyl (C=O) groups is 3. The second kappa shape index (κ2) is 12.0. The van der Waals surface area contributed by atoms with Crippen LogP contribution in [0.1, 0.15) is 83.5 Å². The summed E-state index contributed by atoms with van der Waals surface area (Å²) < 4.78 is 0. The minimum Gasteiger partial charge on any atom is -0.345 e. The van der Waals surface area contributed by atoms with Gasteiger partial charge in [-0.25, -0.2) is 0 Å². The first kappa shape index (κ1) is 20.9. The molecule has 148 valence electrons. The molecule has 0 radical (unpaired) electrons. The summed E-state index contributed by atoms with van der Waals surface area (Å²) in [5.74, 6) is -1.95. The third-order valence-corrected chi connectivity index (χ3v) is 5.59. The summed E-state index contributed by atoms with van der Waals surface area (Å²) in [5.41, 5.74) is 0. The molecule has 2 aliphatic rings. The van der Waals surface area contributed by atoms with Gasteiger partial charge in [0.05, 0.1) is 0 Å². The Morgan fingerprint density at radius 2 is 1.15 bits per heavy atom. The highest BCUT2D eigenvalue weighted by molar-refractivity contribution is 6.37. The maximum Gasteiger partial charge on any atom is 0.315 e. The molecule has 2 fully saturated rings. The van der Waals surface area contributed by atoms with Crippen LogP contribution in [-0.2, 0) is 14.4 Å². The van der Waals surface area contributed by atoms with Crippen molar-refractivity contribution in [3.05, 3.63) is 0 Å². The number of nitrogens with one attached hydrogen (secondary N) is 3. The van der Waals surface area contributed by atoms with Crippen LogP contribution in [0.15, 0.2) is 0 Å². The van der Waals surface area contributed by atoms with Crippen molar-refractivity contribution in [2.24, 2.45) is 5.92 Å². The van der Waals surface area contributed by atoms with Gasteiger partial charge >= 0.3 is 11.8 Å². The molecule has 0 aromatic rings. The van der Waals surface area contributed by atoms with Crippen LogP contribution in [0.5, 0.6) is 0 Å². The summed E-state index contributed by atoms with van der Waals surface area (Å²) in [6, 6.07) is 0.0432. The van der Waals surface area contributed by atoms with Crippen molar-refractivity contribution < 1.29 is 14.4 Å². The van der Waals surface area contributed by atoms with E-state index in [-0.39, 0.29) is 17.9 Å².